The largest absolute Gasteiger partial charge is 0.467 e. The Morgan fingerprint density at radius 3 is 2.50 bits per heavy atom. The van der Waals surface area contributed by atoms with Crippen LogP contribution in [0.4, 0.5) is 0 Å². The number of hydrogen-bond acceptors (Lipinski definition) is 8. The van der Waals surface area contributed by atoms with E-state index in [1.54, 1.807) is 0 Å². The van der Waals surface area contributed by atoms with Crippen molar-refractivity contribution in [3.8, 4) is 0 Å². The molecule has 9 heteroatoms. The summed E-state index contributed by atoms with van der Waals surface area (Å²) in [6, 6.07) is 16.8. The van der Waals surface area contributed by atoms with E-state index < -0.39 is 42.4 Å². The second-order valence-corrected chi connectivity index (χ2v) is 8.45. The lowest BCUT2D eigenvalue weighted by atomic mass is 9.83. The monoisotopic (exact) mass is 505 g/mol. The number of rotatable bonds is 6. The van der Waals surface area contributed by atoms with Crippen LogP contribution in [0.2, 0.25) is 0 Å². The Hall–Kier alpha value is -2.30. The van der Waals surface area contributed by atoms with Crippen LogP contribution < -0.4 is 0 Å². The van der Waals surface area contributed by atoms with E-state index in [1.807, 2.05) is 54.6 Å². The minimum Gasteiger partial charge on any atom is -0.467 e. The predicted octanol–water partition coefficient (Wildman–Crippen LogP) is 3.50. The van der Waals surface area contributed by atoms with Gasteiger partial charge in [0.05, 0.1) is 19.8 Å². The van der Waals surface area contributed by atoms with Crippen molar-refractivity contribution in [2.75, 3.05) is 7.11 Å². The third-order valence-electron chi connectivity index (χ3n) is 5.49. The normalized spacial score (nSPS) is 27.5. The molecule has 8 nitrogen and oxygen atoms in total. The summed E-state index contributed by atoms with van der Waals surface area (Å²) in [4.78, 5) is 35.9. The first kappa shape index (κ1) is 22.9. The number of hydroxylamine groups is 2. The molecule has 0 spiro atoms. The maximum absolute atomic E-state index is 12.2. The van der Waals surface area contributed by atoms with E-state index in [0.717, 1.165) is 15.6 Å². The molecule has 0 aromatic heterocycles. The molecular weight excluding hydrogens is 482 g/mol. The fourth-order valence-electron chi connectivity index (χ4n) is 4.08. The lowest BCUT2D eigenvalue weighted by molar-refractivity contribution is -0.452. The third kappa shape index (κ3) is 4.87. The standard InChI is InChI=1S/C23H24BrNO7/c1-14(26)30-21-20(16-10-6-7-11-17(16)24)18-12-19(22(27)28-2)31-25(18)32-23(21)29-13-15-8-4-3-5-9-15/h3-11,18-21,23H,12-13H2,1-2H3/t18-,19-,20-,21+,23-/m0/s1. The molecule has 2 saturated heterocycles. The van der Waals surface area contributed by atoms with Gasteiger partial charge in [-0.25, -0.2) is 9.63 Å². The number of fused-ring (bicyclic) bond motifs is 1. The Kier molecular flexibility index (Phi) is 7.22. The Bertz CT molecular complexity index is 956. The summed E-state index contributed by atoms with van der Waals surface area (Å²) in [6.45, 7) is 1.59. The van der Waals surface area contributed by atoms with Gasteiger partial charge in [-0.15, -0.1) is 0 Å². The predicted molar refractivity (Wildman–Crippen MR) is 116 cm³/mol. The molecule has 2 aromatic rings. The zero-order valence-corrected chi connectivity index (χ0v) is 19.3. The van der Waals surface area contributed by atoms with Crippen molar-refractivity contribution in [3.63, 3.8) is 0 Å². The zero-order chi connectivity index (χ0) is 22.7. The molecule has 170 valence electrons. The Balaban J connectivity index is 1.68. The first-order valence-corrected chi connectivity index (χ1v) is 11.0. The average molecular weight is 506 g/mol. The molecule has 32 heavy (non-hydrogen) atoms. The summed E-state index contributed by atoms with van der Waals surface area (Å²) < 4.78 is 17.5. The van der Waals surface area contributed by atoms with E-state index in [2.05, 4.69) is 15.9 Å². The molecule has 0 bridgehead atoms. The third-order valence-corrected chi connectivity index (χ3v) is 6.21. The summed E-state index contributed by atoms with van der Waals surface area (Å²) in [6.07, 6.45) is -2.25. The number of carbonyl (C=O) groups is 2. The van der Waals surface area contributed by atoms with E-state index in [0.29, 0.717) is 6.42 Å². The van der Waals surface area contributed by atoms with Crippen LogP contribution in [-0.4, -0.2) is 48.8 Å². The minimum atomic E-state index is -0.955. The fourth-order valence-corrected chi connectivity index (χ4v) is 4.63. The van der Waals surface area contributed by atoms with Crippen LogP contribution in [0.5, 0.6) is 0 Å². The second-order valence-electron chi connectivity index (χ2n) is 7.60. The lowest BCUT2D eigenvalue weighted by Crippen LogP contribution is -2.55. The summed E-state index contributed by atoms with van der Waals surface area (Å²) in [5.74, 6) is -1.35. The number of esters is 2. The van der Waals surface area contributed by atoms with Crippen molar-refractivity contribution >= 4 is 27.9 Å². The number of ether oxygens (including phenoxy) is 3. The van der Waals surface area contributed by atoms with Gasteiger partial charge in [0, 0.05) is 23.7 Å². The van der Waals surface area contributed by atoms with Gasteiger partial charge < -0.3 is 14.2 Å². The smallest absolute Gasteiger partial charge is 0.337 e. The number of methoxy groups -OCH3 is 1. The van der Waals surface area contributed by atoms with Gasteiger partial charge in [-0.3, -0.25) is 9.63 Å². The highest BCUT2D eigenvalue weighted by molar-refractivity contribution is 9.10. The number of hydrogen-bond donors (Lipinski definition) is 0. The van der Waals surface area contributed by atoms with E-state index in [-0.39, 0.29) is 6.61 Å². The highest BCUT2D eigenvalue weighted by Crippen LogP contribution is 2.44. The molecule has 0 saturated carbocycles. The van der Waals surface area contributed by atoms with E-state index in [1.165, 1.54) is 19.3 Å². The molecule has 0 N–H and O–H groups in total. The summed E-state index contributed by atoms with van der Waals surface area (Å²) in [5.41, 5.74) is 1.83. The molecule has 2 aromatic carbocycles. The van der Waals surface area contributed by atoms with Gasteiger partial charge >= 0.3 is 11.9 Å². The van der Waals surface area contributed by atoms with E-state index in [9.17, 15) is 9.59 Å². The molecule has 0 aliphatic carbocycles. The molecule has 0 amide bonds. The molecule has 5 atom stereocenters. The number of nitrogens with zero attached hydrogens (tertiary/aromatic N) is 1. The molecule has 2 aliphatic heterocycles. The maximum Gasteiger partial charge on any atom is 0.337 e. The SMILES string of the molecule is COC(=O)[C@@H]1C[C@H]2[C@H](c3ccccc3Br)[C@@H](OC(C)=O)[C@@H](OCc3ccccc3)ON2O1. The van der Waals surface area contributed by atoms with Crippen molar-refractivity contribution in [2.45, 2.75) is 50.4 Å². The van der Waals surface area contributed by atoms with Crippen LogP contribution in [0.1, 0.15) is 30.4 Å². The first-order chi connectivity index (χ1) is 15.5. The van der Waals surface area contributed by atoms with Crippen LogP contribution in [0, 0.1) is 0 Å². The molecule has 2 aliphatic rings. The molecule has 2 fully saturated rings. The first-order valence-electron chi connectivity index (χ1n) is 10.3. The Morgan fingerprint density at radius 2 is 1.81 bits per heavy atom. The lowest BCUT2D eigenvalue weighted by Gasteiger charge is -2.43. The van der Waals surface area contributed by atoms with E-state index >= 15 is 0 Å². The van der Waals surface area contributed by atoms with Crippen LogP contribution >= 0.6 is 15.9 Å². The van der Waals surface area contributed by atoms with Gasteiger partial charge in [-0.2, -0.15) is 0 Å². The van der Waals surface area contributed by atoms with E-state index in [4.69, 9.17) is 23.9 Å². The van der Waals surface area contributed by atoms with Crippen LogP contribution in [-0.2, 0) is 40.1 Å². The molecule has 0 unspecified atom stereocenters. The van der Waals surface area contributed by atoms with Gasteiger partial charge in [0.25, 0.3) is 0 Å². The van der Waals surface area contributed by atoms with Crippen molar-refractivity contribution in [2.24, 2.45) is 0 Å². The van der Waals surface area contributed by atoms with Gasteiger partial charge in [-0.1, -0.05) is 69.7 Å². The summed E-state index contributed by atoms with van der Waals surface area (Å²) in [7, 11) is 1.31. The number of carbonyl (C=O) groups excluding carboxylic acids is 2. The zero-order valence-electron chi connectivity index (χ0n) is 17.7. The summed E-state index contributed by atoms with van der Waals surface area (Å²) in [5, 5.41) is 1.29. The van der Waals surface area contributed by atoms with Crippen molar-refractivity contribution < 1.29 is 33.5 Å². The maximum atomic E-state index is 12.2. The molecule has 4 rings (SSSR count). The number of halogens is 1. The van der Waals surface area contributed by atoms with Gasteiger partial charge in [0.15, 0.2) is 12.2 Å². The van der Waals surface area contributed by atoms with Gasteiger partial charge in [0.2, 0.25) is 6.29 Å². The Labute approximate surface area is 194 Å². The molecular formula is C23H24BrNO7. The molecule has 2 heterocycles. The minimum absolute atomic E-state index is 0.241. The highest BCUT2D eigenvalue weighted by atomic mass is 79.9. The number of benzene rings is 2. The van der Waals surface area contributed by atoms with Crippen molar-refractivity contribution in [3.05, 3.63) is 70.2 Å². The van der Waals surface area contributed by atoms with Crippen molar-refractivity contribution in [1.82, 2.24) is 5.23 Å². The van der Waals surface area contributed by atoms with Crippen LogP contribution in [0.25, 0.3) is 0 Å². The molecule has 0 radical (unpaired) electrons. The average Bonchev–Trinajstić information content (AvgIpc) is 3.22. The second kappa shape index (κ2) is 10.1. The fraction of sp³-hybridized carbons (Fsp3) is 0.391. The van der Waals surface area contributed by atoms with Gasteiger partial charge in [0.1, 0.15) is 0 Å². The van der Waals surface area contributed by atoms with Crippen LogP contribution in [0.15, 0.2) is 59.1 Å². The Morgan fingerprint density at radius 1 is 1.09 bits per heavy atom. The van der Waals surface area contributed by atoms with Crippen molar-refractivity contribution in [1.29, 1.82) is 0 Å². The van der Waals surface area contributed by atoms with Crippen LogP contribution in [0.3, 0.4) is 0 Å². The quantitative estimate of drug-likeness (QED) is 0.551. The topological polar surface area (TPSA) is 83.5 Å². The highest BCUT2D eigenvalue weighted by Gasteiger charge is 2.55. The van der Waals surface area contributed by atoms with Gasteiger partial charge in [-0.05, 0) is 17.2 Å². The summed E-state index contributed by atoms with van der Waals surface area (Å²) >= 11 is 3.60.